The average Bonchev–Trinajstić information content (AvgIpc) is 2.43. The van der Waals surface area contributed by atoms with Crippen molar-refractivity contribution < 1.29 is 4.74 Å². The van der Waals surface area contributed by atoms with Crippen molar-refractivity contribution in [1.82, 2.24) is 0 Å². The zero-order valence-corrected chi connectivity index (χ0v) is 15.2. The molecule has 0 saturated heterocycles. The Kier molecular flexibility index (Phi) is 8.84. The molecule has 0 amide bonds. The summed E-state index contributed by atoms with van der Waals surface area (Å²) in [5.41, 5.74) is 1.18. The Morgan fingerprint density at radius 3 is 2.60 bits per heavy atom. The molecule has 0 radical (unpaired) electrons. The molecule has 0 bridgehead atoms. The lowest BCUT2D eigenvalue weighted by molar-refractivity contribution is -0.0116. The molecule has 0 aliphatic rings. The number of ether oxygens (including phenoxy) is 1. The zero-order valence-electron chi connectivity index (χ0n) is 13.4. The second kappa shape index (κ2) is 9.82. The quantitative estimate of drug-likeness (QED) is 0.453. The molecule has 0 aliphatic heterocycles. The molecular formula is C17H29OPS. The van der Waals surface area contributed by atoms with E-state index in [1.807, 2.05) is 11.8 Å². The van der Waals surface area contributed by atoms with E-state index < -0.39 is 0 Å². The van der Waals surface area contributed by atoms with Gasteiger partial charge in [0.25, 0.3) is 0 Å². The van der Waals surface area contributed by atoms with E-state index in [0.29, 0.717) is 0 Å². The van der Waals surface area contributed by atoms with Crippen LogP contribution in [0.5, 0.6) is 0 Å². The molecule has 0 aromatic heterocycles. The van der Waals surface area contributed by atoms with Gasteiger partial charge in [0.15, 0.2) is 0 Å². The summed E-state index contributed by atoms with van der Waals surface area (Å²) in [6, 6.07) is 8.73. The maximum atomic E-state index is 6.17. The topological polar surface area (TPSA) is 9.23 Å². The van der Waals surface area contributed by atoms with E-state index in [1.165, 1.54) is 35.6 Å². The lowest BCUT2D eigenvalue weighted by atomic mass is 9.98. The van der Waals surface area contributed by atoms with Crippen LogP contribution in [0.2, 0.25) is 0 Å². The van der Waals surface area contributed by atoms with Gasteiger partial charge in [-0.2, -0.15) is 11.8 Å². The number of hydrogen-bond acceptors (Lipinski definition) is 2. The Hall–Kier alpha value is -0.0400. The minimum atomic E-state index is -0.177. The maximum Gasteiger partial charge on any atom is 0.0881 e. The van der Waals surface area contributed by atoms with Crippen LogP contribution in [0.4, 0.5) is 0 Å². The normalized spacial score (nSPS) is 12.4. The van der Waals surface area contributed by atoms with E-state index in [-0.39, 0.29) is 5.60 Å². The van der Waals surface area contributed by atoms with E-state index in [9.17, 15) is 0 Å². The molecule has 0 aliphatic carbocycles. The molecule has 0 N–H and O–H groups in total. The lowest BCUT2D eigenvalue weighted by Gasteiger charge is -2.28. The van der Waals surface area contributed by atoms with Crippen molar-refractivity contribution in [3.63, 3.8) is 0 Å². The molecule has 1 aromatic carbocycles. The van der Waals surface area contributed by atoms with Gasteiger partial charge in [-0.15, -0.1) is 0 Å². The fraction of sp³-hybridized carbons (Fsp3) is 0.647. The van der Waals surface area contributed by atoms with Crippen molar-refractivity contribution in [1.29, 1.82) is 0 Å². The summed E-state index contributed by atoms with van der Waals surface area (Å²) in [6.07, 6.45) is 3.80. The maximum absolute atomic E-state index is 6.17. The highest BCUT2D eigenvalue weighted by Crippen LogP contribution is 2.27. The molecule has 3 heteroatoms. The SMILES string of the molecule is CCCCSCCOC(C)(C)c1ccccc1PCC. The van der Waals surface area contributed by atoms with Crippen LogP contribution in [0, 0.1) is 0 Å². The second-order valence-electron chi connectivity index (χ2n) is 5.40. The molecule has 1 rings (SSSR count). The standard InChI is InChI=1S/C17H29OPS/c1-5-7-13-20-14-12-18-17(3,4)15-10-8-9-11-16(15)19-6-2/h8-11,19H,5-7,12-14H2,1-4H3. The van der Waals surface area contributed by atoms with Gasteiger partial charge in [-0.3, -0.25) is 0 Å². The van der Waals surface area contributed by atoms with Gasteiger partial charge in [-0.25, -0.2) is 0 Å². The number of unbranched alkanes of at least 4 members (excludes halogenated alkanes) is 1. The Morgan fingerprint density at radius 1 is 1.15 bits per heavy atom. The summed E-state index contributed by atoms with van der Waals surface area (Å²) in [4.78, 5) is 0. The van der Waals surface area contributed by atoms with Gasteiger partial charge in [-0.1, -0.05) is 53.1 Å². The monoisotopic (exact) mass is 312 g/mol. The predicted molar refractivity (Wildman–Crippen MR) is 96.1 cm³/mol. The van der Waals surface area contributed by atoms with Crippen LogP contribution in [0.1, 0.15) is 46.1 Å². The molecule has 0 spiro atoms. The average molecular weight is 312 g/mol. The van der Waals surface area contributed by atoms with Gasteiger partial charge < -0.3 is 4.74 Å². The summed E-state index contributed by atoms with van der Waals surface area (Å²) in [6.45, 7) is 9.72. The van der Waals surface area contributed by atoms with Crippen LogP contribution in [0.25, 0.3) is 0 Å². The Morgan fingerprint density at radius 2 is 1.90 bits per heavy atom. The summed E-state index contributed by atoms with van der Waals surface area (Å²) >= 11 is 2.00. The Balaban J connectivity index is 2.51. The van der Waals surface area contributed by atoms with Crippen LogP contribution < -0.4 is 5.30 Å². The van der Waals surface area contributed by atoms with Crippen molar-refractivity contribution in [2.24, 2.45) is 0 Å². The van der Waals surface area contributed by atoms with Crippen LogP contribution in [0.3, 0.4) is 0 Å². The van der Waals surface area contributed by atoms with E-state index in [4.69, 9.17) is 4.74 Å². The lowest BCUT2D eigenvalue weighted by Crippen LogP contribution is -2.28. The van der Waals surface area contributed by atoms with Crippen LogP contribution >= 0.6 is 20.3 Å². The van der Waals surface area contributed by atoms with E-state index in [2.05, 4.69) is 52.0 Å². The zero-order chi connectivity index (χ0) is 14.8. The number of rotatable bonds is 10. The van der Waals surface area contributed by atoms with Crippen molar-refractivity contribution in [3.8, 4) is 0 Å². The molecule has 1 atom stereocenters. The molecule has 0 saturated carbocycles. The Bertz CT molecular complexity index is 379. The first-order valence-electron chi connectivity index (χ1n) is 7.67. The third-order valence-electron chi connectivity index (χ3n) is 3.28. The first kappa shape index (κ1) is 18.0. The van der Waals surface area contributed by atoms with Gasteiger partial charge in [-0.05, 0) is 43.1 Å². The van der Waals surface area contributed by atoms with Crippen molar-refractivity contribution in [2.75, 3.05) is 24.3 Å². The van der Waals surface area contributed by atoms with Crippen LogP contribution in [-0.2, 0) is 10.3 Å². The minimum absolute atomic E-state index is 0.177. The number of thioether (sulfide) groups is 1. The predicted octanol–water partition coefficient (Wildman–Crippen LogP) is 4.80. The van der Waals surface area contributed by atoms with Gasteiger partial charge in [0.1, 0.15) is 0 Å². The molecule has 20 heavy (non-hydrogen) atoms. The number of hydrogen-bond donors (Lipinski definition) is 0. The minimum Gasteiger partial charge on any atom is -0.370 e. The van der Waals surface area contributed by atoms with Crippen LogP contribution in [-0.4, -0.2) is 24.3 Å². The fourth-order valence-electron chi connectivity index (χ4n) is 2.13. The van der Waals surface area contributed by atoms with Crippen molar-refractivity contribution >= 4 is 25.6 Å². The van der Waals surface area contributed by atoms with Gasteiger partial charge in [0, 0.05) is 5.75 Å². The van der Waals surface area contributed by atoms with Crippen molar-refractivity contribution in [2.45, 2.75) is 46.1 Å². The highest BCUT2D eigenvalue weighted by atomic mass is 32.2. The molecule has 0 fully saturated rings. The summed E-state index contributed by atoms with van der Waals surface area (Å²) in [5, 5.41) is 1.46. The molecule has 0 heterocycles. The third-order valence-corrected chi connectivity index (χ3v) is 5.48. The summed E-state index contributed by atoms with van der Waals surface area (Å²) < 4.78 is 6.17. The van der Waals surface area contributed by atoms with Crippen LogP contribution in [0.15, 0.2) is 24.3 Å². The van der Waals surface area contributed by atoms with E-state index in [1.54, 1.807) is 0 Å². The smallest absolute Gasteiger partial charge is 0.0881 e. The molecular weight excluding hydrogens is 283 g/mol. The highest BCUT2D eigenvalue weighted by Gasteiger charge is 2.23. The summed E-state index contributed by atoms with van der Waals surface area (Å²) in [5.74, 6) is 2.36. The largest absolute Gasteiger partial charge is 0.370 e. The molecule has 1 unspecified atom stereocenters. The summed E-state index contributed by atoms with van der Waals surface area (Å²) in [7, 11) is 0.880. The number of benzene rings is 1. The molecule has 114 valence electrons. The van der Waals surface area contributed by atoms with Gasteiger partial charge in [0.2, 0.25) is 0 Å². The molecule has 1 nitrogen and oxygen atoms in total. The first-order chi connectivity index (χ1) is 9.61. The Labute approximate surface area is 131 Å². The molecule has 1 aromatic rings. The van der Waals surface area contributed by atoms with E-state index >= 15 is 0 Å². The highest BCUT2D eigenvalue weighted by molar-refractivity contribution is 7.99. The second-order valence-corrected chi connectivity index (χ2v) is 8.22. The van der Waals surface area contributed by atoms with Gasteiger partial charge in [0.05, 0.1) is 12.2 Å². The van der Waals surface area contributed by atoms with E-state index in [0.717, 1.165) is 20.9 Å². The first-order valence-corrected chi connectivity index (χ1v) is 10.0. The van der Waals surface area contributed by atoms with Gasteiger partial charge >= 0.3 is 0 Å². The fourth-order valence-corrected chi connectivity index (χ4v) is 4.20. The third kappa shape index (κ3) is 6.16. The van der Waals surface area contributed by atoms with Crippen molar-refractivity contribution in [3.05, 3.63) is 29.8 Å².